The molecule has 6 nitrogen and oxygen atoms in total. The molecule has 0 saturated heterocycles. The fraction of sp³-hybridized carbons (Fsp3) is 0.481. The van der Waals surface area contributed by atoms with Crippen molar-refractivity contribution in [3.05, 3.63) is 71.2 Å². The lowest BCUT2D eigenvalue weighted by atomic mass is 9.47. The Bertz CT molecular complexity index is 1270. The predicted octanol–water partition coefficient (Wildman–Crippen LogP) is 4.95. The molecule has 3 N–H and O–H groups in total. The summed E-state index contributed by atoms with van der Waals surface area (Å²) in [5, 5.41) is 15.2. The maximum absolute atomic E-state index is 13.0. The first kappa shape index (κ1) is 23.2. The van der Waals surface area contributed by atoms with Crippen molar-refractivity contribution in [3.8, 4) is 0 Å². The van der Waals surface area contributed by atoms with Crippen LogP contribution in [0.3, 0.4) is 0 Å². The Kier molecular flexibility index (Phi) is 5.43. The monoisotopic (exact) mass is 481 g/mol. The van der Waals surface area contributed by atoms with E-state index < -0.39 is 16.0 Å². The fourth-order valence-electron chi connectivity index (χ4n) is 7.32. The average molecular weight is 482 g/mol. The van der Waals surface area contributed by atoms with Crippen LogP contribution in [0.5, 0.6) is 0 Å². The van der Waals surface area contributed by atoms with Gasteiger partial charge in [-0.1, -0.05) is 30.4 Å². The van der Waals surface area contributed by atoms with Gasteiger partial charge in [-0.15, -0.1) is 6.58 Å². The van der Waals surface area contributed by atoms with Crippen LogP contribution in [-0.2, 0) is 14.8 Å². The van der Waals surface area contributed by atoms with Crippen LogP contribution in [0.25, 0.3) is 0 Å². The molecule has 0 amide bonds. The number of fused-ring (bicyclic) bond motifs is 4. The van der Waals surface area contributed by atoms with Gasteiger partial charge in [-0.3, -0.25) is 0 Å². The van der Waals surface area contributed by atoms with Gasteiger partial charge in [0, 0.05) is 11.8 Å². The number of benzene rings is 1. The smallest absolute Gasteiger partial charge is 0.338 e. The van der Waals surface area contributed by atoms with Gasteiger partial charge in [0.15, 0.2) is 0 Å². The van der Waals surface area contributed by atoms with Crippen molar-refractivity contribution in [2.75, 3.05) is 0 Å². The second-order valence-corrected chi connectivity index (χ2v) is 12.0. The van der Waals surface area contributed by atoms with Crippen molar-refractivity contribution >= 4 is 16.0 Å². The molecule has 2 fully saturated rings. The predicted molar refractivity (Wildman–Crippen MR) is 128 cm³/mol. The summed E-state index contributed by atoms with van der Waals surface area (Å²) < 4.78 is 29.5. The summed E-state index contributed by atoms with van der Waals surface area (Å²) in [7, 11) is -3.90. The summed E-state index contributed by atoms with van der Waals surface area (Å²) in [6.07, 6.45) is 9.99. The van der Waals surface area contributed by atoms with E-state index in [2.05, 4.69) is 25.3 Å². The lowest BCUT2D eigenvalue weighted by Crippen LogP contribution is -2.52. The zero-order chi connectivity index (χ0) is 24.3. The molecule has 0 aromatic heterocycles. The molecule has 2 saturated carbocycles. The first-order valence-corrected chi connectivity index (χ1v) is 13.5. The van der Waals surface area contributed by atoms with E-state index in [9.17, 15) is 18.3 Å². The molecule has 0 aliphatic heterocycles. The summed E-state index contributed by atoms with van der Waals surface area (Å²) in [4.78, 5) is 12.9. The molecule has 5 rings (SSSR count). The van der Waals surface area contributed by atoms with Crippen molar-refractivity contribution in [1.82, 2.24) is 0 Å². The molecule has 0 spiro atoms. The van der Waals surface area contributed by atoms with Gasteiger partial charge in [0.2, 0.25) is 10.0 Å². The van der Waals surface area contributed by atoms with Gasteiger partial charge in [-0.05, 0) is 85.6 Å². The molecule has 180 valence electrons. The molecule has 1 aromatic carbocycles. The van der Waals surface area contributed by atoms with E-state index in [0.29, 0.717) is 24.0 Å². The van der Waals surface area contributed by atoms with Gasteiger partial charge < -0.3 is 9.84 Å². The van der Waals surface area contributed by atoms with Gasteiger partial charge in [0.1, 0.15) is 11.9 Å². The van der Waals surface area contributed by atoms with E-state index in [0.717, 1.165) is 38.5 Å². The summed E-state index contributed by atoms with van der Waals surface area (Å²) >= 11 is 0. The van der Waals surface area contributed by atoms with Crippen LogP contribution in [0.4, 0.5) is 0 Å². The summed E-state index contributed by atoms with van der Waals surface area (Å²) in [5.41, 5.74) is 5.58. The highest BCUT2D eigenvalue weighted by molar-refractivity contribution is 7.89. The summed E-state index contributed by atoms with van der Waals surface area (Å²) in [6.45, 7) is 6.52. The third-order valence-corrected chi connectivity index (χ3v) is 9.88. The minimum Gasteiger partial charge on any atom is -0.504 e. The molecular formula is C27H31NO5S. The van der Waals surface area contributed by atoms with E-state index >= 15 is 0 Å². The second-order valence-electron chi connectivity index (χ2n) is 10.5. The number of rotatable bonds is 4. The number of sulfonamides is 1. The molecule has 0 heterocycles. The highest BCUT2D eigenvalue weighted by Crippen LogP contribution is 2.67. The Labute approximate surface area is 200 Å². The number of esters is 1. The Balaban J connectivity index is 1.42. The molecule has 0 radical (unpaired) electrons. The minimum absolute atomic E-state index is 0.0777. The molecular weight excluding hydrogens is 450 g/mol. The summed E-state index contributed by atoms with van der Waals surface area (Å²) in [5.74, 6) is 0.460. The van der Waals surface area contributed by atoms with Crippen LogP contribution in [0.1, 0.15) is 62.2 Å². The topological polar surface area (TPSA) is 107 Å². The van der Waals surface area contributed by atoms with Gasteiger partial charge in [-0.25, -0.2) is 18.4 Å². The Morgan fingerprint density at radius 3 is 2.82 bits per heavy atom. The van der Waals surface area contributed by atoms with Crippen LogP contribution >= 0.6 is 0 Å². The summed E-state index contributed by atoms with van der Waals surface area (Å²) in [6, 6.07) is 5.71. The SMILES string of the molecule is C=CC12CCC3=C(C=C=C(O)C3)C1CC[C@@]1(C)C2CC[C@@H]1OC(=O)c1cccc(S(N)(=O)=O)c1. The third kappa shape index (κ3) is 3.49. The molecule has 3 unspecified atom stereocenters. The van der Waals surface area contributed by atoms with Crippen LogP contribution < -0.4 is 5.14 Å². The lowest BCUT2D eigenvalue weighted by Gasteiger charge is -2.57. The number of aliphatic hydroxyl groups is 1. The number of nitrogens with two attached hydrogens (primary N) is 1. The van der Waals surface area contributed by atoms with E-state index in [1.54, 1.807) is 6.07 Å². The van der Waals surface area contributed by atoms with Gasteiger partial charge in [0.05, 0.1) is 10.5 Å². The van der Waals surface area contributed by atoms with Gasteiger partial charge in [-0.2, -0.15) is 0 Å². The Morgan fingerprint density at radius 1 is 1.29 bits per heavy atom. The Morgan fingerprint density at radius 2 is 2.09 bits per heavy atom. The van der Waals surface area contributed by atoms with Crippen molar-refractivity contribution in [1.29, 1.82) is 0 Å². The van der Waals surface area contributed by atoms with Crippen LogP contribution in [0.15, 0.2) is 70.5 Å². The average Bonchev–Trinajstić information content (AvgIpc) is 3.14. The van der Waals surface area contributed by atoms with Crippen molar-refractivity contribution in [3.63, 3.8) is 0 Å². The largest absolute Gasteiger partial charge is 0.504 e. The maximum Gasteiger partial charge on any atom is 0.338 e. The molecule has 4 aliphatic rings. The highest BCUT2D eigenvalue weighted by Gasteiger charge is 2.62. The number of allylic oxidation sites excluding steroid dienone is 3. The van der Waals surface area contributed by atoms with Crippen molar-refractivity contribution in [2.45, 2.75) is 62.9 Å². The molecule has 0 bridgehead atoms. The zero-order valence-corrected chi connectivity index (χ0v) is 20.2. The van der Waals surface area contributed by atoms with Crippen molar-refractivity contribution < 1.29 is 23.1 Å². The number of ether oxygens (including phenoxy) is 1. The minimum atomic E-state index is -3.90. The standard InChI is InChI=1S/C27H31NO5S/c1-3-27-14-11-17-15-19(29)7-8-21(17)22(27)12-13-26(2)23(27)9-10-24(26)33-25(30)18-5-4-6-20(16-18)34(28,31)32/h3-6,8,16,22-24,29H,1,9-15H2,2H3,(H2,28,31,32)/t22?,23?,24-,26-,27?/m0/s1. The normalized spacial score (nSPS) is 34.5. The first-order valence-electron chi connectivity index (χ1n) is 11.9. The molecule has 5 atom stereocenters. The quantitative estimate of drug-likeness (QED) is 0.360. The van der Waals surface area contributed by atoms with E-state index in [4.69, 9.17) is 9.88 Å². The van der Waals surface area contributed by atoms with E-state index in [1.807, 2.05) is 6.08 Å². The number of primary sulfonamides is 1. The number of aliphatic hydroxyl groups excluding tert-OH is 1. The van der Waals surface area contributed by atoms with Crippen LogP contribution in [-0.4, -0.2) is 25.6 Å². The Hall–Kier alpha value is -2.60. The number of carbonyl (C=O) groups excluding carboxylic acids is 1. The number of carbonyl (C=O) groups is 1. The van der Waals surface area contributed by atoms with Crippen LogP contribution in [0.2, 0.25) is 0 Å². The number of hydrogen-bond donors (Lipinski definition) is 2. The molecule has 4 aliphatic carbocycles. The van der Waals surface area contributed by atoms with E-state index in [-0.39, 0.29) is 27.4 Å². The lowest BCUT2D eigenvalue weighted by molar-refractivity contribution is -0.0719. The molecule has 7 heteroatoms. The maximum atomic E-state index is 13.0. The molecule has 34 heavy (non-hydrogen) atoms. The van der Waals surface area contributed by atoms with Gasteiger partial charge >= 0.3 is 5.97 Å². The fourth-order valence-corrected chi connectivity index (χ4v) is 7.88. The van der Waals surface area contributed by atoms with Gasteiger partial charge in [0.25, 0.3) is 0 Å². The third-order valence-electron chi connectivity index (χ3n) is 8.96. The highest BCUT2D eigenvalue weighted by atomic mass is 32.2. The second kappa shape index (κ2) is 7.98. The van der Waals surface area contributed by atoms with Crippen molar-refractivity contribution in [2.24, 2.45) is 27.8 Å². The number of hydrogen-bond acceptors (Lipinski definition) is 5. The zero-order valence-electron chi connectivity index (χ0n) is 19.4. The van der Waals surface area contributed by atoms with Crippen LogP contribution in [0, 0.1) is 22.7 Å². The molecule has 1 aromatic rings. The van der Waals surface area contributed by atoms with E-state index in [1.165, 1.54) is 29.3 Å². The first-order chi connectivity index (χ1) is 16.1.